The molecule has 0 aromatic carbocycles. The van der Waals surface area contributed by atoms with Gasteiger partial charge >= 0.3 is 0 Å². The molecule has 1 rings (SSSR count). The van der Waals surface area contributed by atoms with Crippen LogP contribution in [0.5, 0.6) is 0 Å². The molecule has 1 fully saturated rings. The molecule has 38 valence electrons. The van der Waals surface area contributed by atoms with Gasteiger partial charge in [0.25, 0.3) is 0 Å². The van der Waals surface area contributed by atoms with E-state index in [2.05, 4.69) is 5.92 Å². The Hall–Kier alpha value is -0.480. The number of hydrogen-bond acceptors (Lipinski definition) is 1. The monoisotopic (exact) mass is 95.1 g/mol. The Morgan fingerprint density at radius 3 is 2.14 bits per heavy atom. The molecule has 0 spiro atoms. The van der Waals surface area contributed by atoms with Crippen LogP contribution in [0.4, 0.5) is 0 Å². The second-order valence-electron chi connectivity index (χ2n) is 2.15. The maximum atomic E-state index is 5.57. The van der Waals surface area contributed by atoms with Crippen LogP contribution in [-0.2, 0) is 0 Å². The fraction of sp³-hybridized carbons (Fsp3) is 0.667. The van der Waals surface area contributed by atoms with Crippen molar-refractivity contribution < 1.29 is 0 Å². The maximum Gasteiger partial charge on any atom is 0.0773 e. The van der Waals surface area contributed by atoms with Crippen LogP contribution in [-0.4, -0.2) is 5.54 Å². The van der Waals surface area contributed by atoms with Gasteiger partial charge in [-0.15, -0.1) is 6.42 Å². The van der Waals surface area contributed by atoms with Crippen LogP contribution in [0.2, 0.25) is 0 Å². The molecule has 7 heavy (non-hydrogen) atoms. The van der Waals surface area contributed by atoms with Gasteiger partial charge in [-0.1, -0.05) is 5.92 Å². The smallest absolute Gasteiger partial charge is 0.0773 e. The third-order valence-corrected chi connectivity index (χ3v) is 1.53. The lowest BCUT2D eigenvalue weighted by atomic mass is 9.79. The molecule has 0 heterocycles. The highest BCUT2D eigenvalue weighted by Crippen LogP contribution is 2.27. The van der Waals surface area contributed by atoms with Crippen LogP contribution in [0.25, 0.3) is 0 Å². The molecule has 1 aliphatic carbocycles. The molecule has 0 radical (unpaired) electrons. The summed E-state index contributed by atoms with van der Waals surface area (Å²) in [6, 6.07) is 0. The summed E-state index contributed by atoms with van der Waals surface area (Å²) < 4.78 is 0. The lowest BCUT2D eigenvalue weighted by Gasteiger charge is -2.32. The summed E-state index contributed by atoms with van der Waals surface area (Å²) in [4.78, 5) is 0. The van der Waals surface area contributed by atoms with E-state index in [0.29, 0.717) is 0 Å². The first-order valence-electron chi connectivity index (χ1n) is 2.53. The molecule has 0 unspecified atom stereocenters. The van der Waals surface area contributed by atoms with Crippen molar-refractivity contribution in [3.8, 4) is 12.3 Å². The molecule has 0 aromatic rings. The fourth-order valence-corrected chi connectivity index (χ4v) is 0.702. The zero-order valence-corrected chi connectivity index (χ0v) is 4.28. The highest BCUT2D eigenvalue weighted by molar-refractivity contribution is 5.15. The van der Waals surface area contributed by atoms with Crippen molar-refractivity contribution in [1.29, 1.82) is 0 Å². The van der Waals surface area contributed by atoms with E-state index < -0.39 is 0 Å². The Morgan fingerprint density at radius 1 is 1.57 bits per heavy atom. The summed E-state index contributed by atoms with van der Waals surface area (Å²) in [5, 5.41) is 0. The van der Waals surface area contributed by atoms with Gasteiger partial charge in [0.05, 0.1) is 5.54 Å². The molecule has 0 bridgehead atoms. The quantitative estimate of drug-likeness (QED) is 0.436. The molecule has 1 nitrogen and oxygen atoms in total. The maximum absolute atomic E-state index is 5.57. The van der Waals surface area contributed by atoms with E-state index in [0.717, 1.165) is 12.8 Å². The molecule has 1 heteroatoms. The number of hydrogen-bond donors (Lipinski definition) is 1. The minimum absolute atomic E-state index is 0.208. The molecule has 0 amide bonds. The van der Waals surface area contributed by atoms with Gasteiger partial charge in [-0.3, -0.25) is 0 Å². The van der Waals surface area contributed by atoms with Crippen molar-refractivity contribution >= 4 is 0 Å². The fourth-order valence-electron chi connectivity index (χ4n) is 0.702. The van der Waals surface area contributed by atoms with E-state index >= 15 is 0 Å². The Bertz CT molecular complexity index is 106. The topological polar surface area (TPSA) is 26.0 Å². The number of nitrogens with two attached hydrogens (primary N) is 1. The first-order chi connectivity index (χ1) is 3.27. The summed E-state index contributed by atoms with van der Waals surface area (Å²) in [5.41, 5.74) is 5.36. The lowest BCUT2D eigenvalue weighted by Crippen LogP contribution is -2.44. The van der Waals surface area contributed by atoms with Crippen molar-refractivity contribution in [1.82, 2.24) is 0 Å². The lowest BCUT2D eigenvalue weighted by molar-refractivity contribution is 0.331. The van der Waals surface area contributed by atoms with Crippen LogP contribution in [0.3, 0.4) is 0 Å². The summed E-state index contributed by atoms with van der Waals surface area (Å²) in [7, 11) is 0. The van der Waals surface area contributed by atoms with Crippen LogP contribution in [0.1, 0.15) is 19.3 Å². The highest BCUT2D eigenvalue weighted by atomic mass is 14.7. The van der Waals surface area contributed by atoms with Gasteiger partial charge in [0, 0.05) is 0 Å². The van der Waals surface area contributed by atoms with E-state index in [9.17, 15) is 0 Å². The predicted molar refractivity (Wildman–Crippen MR) is 29.6 cm³/mol. The molecule has 1 aliphatic rings. The Balaban J connectivity index is 2.48. The number of rotatable bonds is 0. The summed E-state index contributed by atoms with van der Waals surface area (Å²) in [6.07, 6.45) is 8.34. The minimum atomic E-state index is -0.208. The molecule has 2 N–H and O–H groups in total. The zero-order chi connectivity index (χ0) is 5.33. The molecule has 0 atom stereocenters. The summed E-state index contributed by atoms with van der Waals surface area (Å²) in [6.45, 7) is 0. The van der Waals surface area contributed by atoms with Crippen LogP contribution in [0, 0.1) is 12.3 Å². The van der Waals surface area contributed by atoms with Gasteiger partial charge in [0.1, 0.15) is 0 Å². The van der Waals surface area contributed by atoms with Gasteiger partial charge < -0.3 is 5.73 Å². The van der Waals surface area contributed by atoms with Crippen molar-refractivity contribution in [2.45, 2.75) is 24.8 Å². The van der Waals surface area contributed by atoms with Crippen LogP contribution in [0.15, 0.2) is 0 Å². The Morgan fingerprint density at radius 2 is 2.14 bits per heavy atom. The summed E-state index contributed by atoms with van der Waals surface area (Å²) in [5.74, 6) is 2.56. The average molecular weight is 95.1 g/mol. The Labute approximate surface area is 43.9 Å². The van der Waals surface area contributed by atoms with E-state index in [4.69, 9.17) is 12.2 Å². The molecular formula is C6H9N. The average Bonchev–Trinajstić information content (AvgIpc) is 1.61. The first kappa shape index (κ1) is 4.67. The second kappa shape index (κ2) is 1.24. The molecular weight excluding hydrogens is 86.1 g/mol. The first-order valence-corrected chi connectivity index (χ1v) is 2.53. The van der Waals surface area contributed by atoms with E-state index in [1.165, 1.54) is 6.42 Å². The summed E-state index contributed by atoms with van der Waals surface area (Å²) >= 11 is 0. The van der Waals surface area contributed by atoms with Gasteiger partial charge in [0.15, 0.2) is 0 Å². The molecule has 0 aromatic heterocycles. The number of terminal acetylenes is 1. The molecule has 1 saturated carbocycles. The second-order valence-corrected chi connectivity index (χ2v) is 2.15. The zero-order valence-electron chi connectivity index (χ0n) is 4.28. The van der Waals surface area contributed by atoms with Crippen molar-refractivity contribution in [2.75, 3.05) is 0 Å². The van der Waals surface area contributed by atoms with Crippen molar-refractivity contribution in [3.05, 3.63) is 0 Å². The molecule has 0 saturated heterocycles. The van der Waals surface area contributed by atoms with Crippen molar-refractivity contribution in [3.63, 3.8) is 0 Å². The SMILES string of the molecule is C#CC1(N)CCC1. The van der Waals surface area contributed by atoms with Gasteiger partial charge in [-0.05, 0) is 19.3 Å². The third kappa shape index (κ3) is 0.618. The van der Waals surface area contributed by atoms with Crippen molar-refractivity contribution in [2.24, 2.45) is 5.73 Å². The van der Waals surface area contributed by atoms with Crippen LogP contribution < -0.4 is 5.73 Å². The standard InChI is InChI=1S/C6H9N/c1-2-6(7)4-3-5-6/h1H,3-5,7H2. The van der Waals surface area contributed by atoms with Gasteiger partial charge in [-0.25, -0.2) is 0 Å². The van der Waals surface area contributed by atoms with Gasteiger partial charge in [-0.2, -0.15) is 0 Å². The Kier molecular flexibility index (Phi) is 0.831. The van der Waals surface area contributed by atoms with Crippen LogP contribution >= 0.6 is 0 Å². The van der Waals surface area contributed by atoms with E-state index in [1.807, 2.05) is 0 Å². The van der Waals surface area contributed by atoms with E-state index in [1.54, 1.807) is 0 Å². The highest BCUT2D eigenvalue weighted by Gasteiger charge is 2.29. The molecule has 0 aliphatic heterocycles. The predicted octanol–water partition coefficient (Wildman–Crippen LogP) is 0.501. The largest absolute Gasteiger partial charge is 0.315 e. The van der Waals surface area contributed by atoms with E-state index in [-0.39, 0.29) is 5.54 Å². The van der Waals surface area contributed by atoms with Gasteiger partial charge in [0.2, 0.25) is 0 Å². The minimum Gasteiger partial charge on any atom is -0.315 e. The third-order valence-electron chi connectivity index (χ3n) is 1.53. The normalized spacial score (nSPS) is 25.1.